The van der Waals surface area contributed by atoms with Gasteiger partial charge in [0.05, 0.1) is 6.04 Å². The van der Waals surface area contributed by atoms with E-state index in [-0.39, 0.29) is 18.2 Å². The van der Waals surface area contributed by atoms with Gasteiger partial charge in [-0.3, -0.25) is 4.90 Å². The highest BCUT2D eigenvalue weighted by molar-refractivity contribution is 5.70. The Morgan fingerprint density at radius 2 is 2.40 bits per heavy atom. The van der Waals surface area contributed by atoms with E-state index in [0.717, 1.165) is 32.6 Å². The van der Waals surface area contributed by atoms with Crippen molar-refractivity contribution in [2.24, 2.45) is 0 Å². The fourth-order valence-corrected chi connectivity index (χ4v) is 2.16. The van der Waals surface area contributed by atoms with Crippen molar-refractivity contribution < 1.29 is 9.53 Å². The summed E-state index contributed by atoms with van der Waals surface area (Å²) in [6, 6.07) is 0.242. The van der Waals surface area contributed by atoms with Crippen LogP contribution in [0, 0.1) is 0 Å². The average molecular weight is 213 g/mol. The maximum absolute atomic E-state index is 11.6. The number of nitrogens with one attached hydrogen (secondary N) is 1. The molecule has 5 heteroatoms. The van der Waals surface area contributed by atoms with Gasteiger partial charge in [-0.25, -0.2) is 4.79 Å². The number of hydrogen-bond acceptors (Lipinski definition) is 4. The number of likely N-dealkylation sites (N-methyl/N-ethyl adjacent to an activating group) is 1. The molecule has 1 N–H and O–H groups in total. The van der Waals surface area contributed by atoms with Gasteiger partial charge in [-0.1, -0.05) is 0 Å². The molecule has 0 aromatic heterocycles. The largest absolute Gasteiger partial charge is 0.444 e. The fourth-order valence-electron chi connectivity index (χ4n) is 2.16. The van der Waals surface area contributed by atoms with E-state index in [1.807, 2.05) is 19.0 Å². The number of fused-ring (bicyclic) bond motifs is 1. The number of carbonyl (C=O) groups excluding carboxylic acids is 1. The standard InChI is InChI=1S/C10H19N3O2/c1-12(2)5-6-13-8-7-11-4-3-9(8)15-10(13)14/h8-9,11H,3-7H2,1-2H3. The number of piperidine rings is 1. The van der Waals surface area contributed by atoms with Gasteiger partial charge in [0.15, 0.2) is 0 Å². The van der Waals surface area contributed by atoms with E-state index in [9.17, 15) is 4.79 Å². The van der Waals surface area contributed by atoms with Gasteiger partial charge in [0.25, 0.3) is 0 Å². The number of rotatable bonds is 3. The second-order valence-corrected chi connectivity index (χ2v) is 4.48. The summed E-state index contributed by atoms with van der Waals surface area (Å²) in [5.41, 5.74) is 0. The van der Waals surface area contributed by atoms with Crippen LogP contribution in [0.25, 0.3) is 0 Å². The molecule has 2 aliphatic heterocycles. The smallest absolute Gasteiger partial charge is 0.410 e. The van der Waals surface area contributed by atoms with Crippen molar-refractivity contribution in [3.63, 3.8) is 0 Å². The average Bonchev–Trinajstić information content (AvgIpc) is 2.50. The predicted octanol–water partition coefficient (Wildman–Crippen LogP) is -0.269. The Hall–Kier alpha value is -0.810. The zero-order chi connectivity index (χ0) is 10.8. The normalized spacial score (nSPS) is 30.6. The van der Waals surface area contributed by atoms with Crippen molar-refractivity contribution in [2.45, 2.75) is 18.6 Å². The predicted molar refractivity (Wildman–Crippen MR) is 56.8 cm³/mol. The lowest BCUT2D eigenvalue weighted by Gasteiger charge is -2.29. The molecule has 0 spiro atoms. The first-order valence-corrected chi connectivity index (χ1v) is 5.51. The molecule has 2 fully saturated rings. The maximum atomic E-state index is 11.6. The first-order chi connectivity index (χ1) is 7.18. The molecular weight excluding hydrogens is 194 g/mol. The minimum atomic E-state index is -0.143. The zero-order valence-electron chi connectivity index (χ0n) is 9.40. The summed E-state index contributed by atoms with van der Waals surface area (Å²) in [5, 5.41) is 3.31. The van der Waals surface area contributed by atoms with Gasteiger partial charge in [-0.05, 0) is 27.1 Å². The summed E-state index contributed by atoms with van der Waals surface area (Å²) < 4.78 is 5.34. The maximum Gasteiger partial charge on any atom is 0.410 e. The second-order valence-electron chi connectivity index (χ2n) is 4.48. The Kier molecular flexibility index (Phi) is 3.11. The molecule has 2 rings (SSSR count). The molecular formula is C10H19N3O2. The Labute approximate surface area is 90.4 Å². The molecule has 0 aromatic carbocycles. The number of nitrogens with zero attached hydrogens (tertiary/aromatic N) is 2. The Morgan fingerprint density at radius 3 is 3.13 bits per heavy atom. The molecule has 2 aliphatic rings. The summed E-state index contributed by atoms with van der Waals surface area (Å²) in [6.45, 7) is 3.47. The van der Waals surface area contributed by atoms with Crippen LogP contribution in [0.5, 0.6) is 0 Å². The lowest BCUT2D eigenvalue weighted by atomic mass is 10.0. The summed E-state index contributed by atoms with van der Waals surface area (Å²) in [6.07, 6.45) is 0.908. The van der Waals surface area contributed by atoms with Crippen LogP contribution in [0.15, 0.2) is 0 Å². The third kappa shape index (κ3) is 2.23. The highest BCUT2D eigenvalue weighted by Crippen LogP contribution is 2.23. The van der Waals surface area contributed by atoms with Gasteiger partial charge in [0.2, 0.25) is 0 Å². The molecule has 15 heavy (non-hydrogen) atoms. The SMILES string of the molecule is CN(C)CCN1C(=O)OC2CCNCC21. The molecule has 86 valence electrons. The van der Waals surface area contributed by atoms with Gasteiger partial charge in [0, 0.05) is 19.6 Å². The van der Waals surface area contributed by atoms with Crippen molar-refractivity contribution in [3.8, 4) is 0 Å². The summed E-state index contributed by atoms with van der Waals surface area (Å²) in [7, 11) is 4.02. The number of ether oxygens (including phenoxy) is 1. The van der Waals surface area contributed by atoms with Gasteiger partial charge in [-0.15, -0.1) is 0 Å². The minimum Gasteiger partial charge on any atom is -0.444 e. The van der Waals surface area contributed by atoms with E-state index < -0.39 is 0 Å². The van der Waals surface area contributed by atoms with Crippen LogP contribution in [0.3, 0.4) is 0 Å². The first kappa shape index (κ1) is 10.7. The first-order valence-electron chi connectivity index (χ1n) is 5.51. The summed E-state index contributed by atoms with van der Waals surface area (Å²) in [5.74, 6) is 0. The monoisotopic (exact) mass is 213 g/mol. The van der Waals surface area contributed by atoms with Crippen LogP contribution in [0.1, 0.15) is 6.42 Å². The molecule has 5 nitrogen and oxygen atoms in total. The molecule has 2 atom stereocenters. The van der Waals surface area contributed by atoms with Crippen LogP contribution >= 0.6 is 0 Å². The summed E-state index contributed by atoms with van der Waals surface area (Å²) in [4.78, 5) is 15.5. The molecule has 2 saturated heterocycles. The molecule has 1 amide bonds. The lowest BCUT2D eigenvalue weighted by Crippen LogP contribution is -2.50. The van der Waals surface area contributed by atoms with Crippen LogP contribution in [0.2, 0.25) is 0 Å². The molecule has 2 heterocycles. The third-order valence-electron chi connectivity index (χ3n) is 3.06. The quantitative estimate of drug-likeness (QED) is 0.701. The van der Waals surface area contributed by atoms with Crippen molar-refractivity contribution in [2.75, 3.05) is 40.3 Å². The van der Waals surface area contributed by atoms with E-state index in [4.69, 9.17) is 4.74 Å². The fraction of sp³-hybridized carbons (Fsp3) is 0.900. The Bertz CT molecular complexity index is 245. The third-order valence-corrected chi connectivity index (χ3v) is 3.06. The van der Waals surface area contributed by atoms with Gasteiger partial charge in [-0.2, -0.15) is 0 Å². The summed E-state index contributed by atoms with van der Waals surface area (Å²) >= 11 is 0. The number of hydrogen-bond donors (Lipinski definition) is 1. The van der Waals surface area contributed by atoms with Crippen LogP contribution < -0.4 is 5.32 Å². The molecule has 2 unspecified atom stereocenters. The Morgan fingerprint density at radius 1 is 1.60 bits per heavy atom. The van der Waals surface area contributed by atoms with Crippen molar-refractivity contribution >= 4 is 6.09 Å². The highest BCUT2D eigenvalue weighted by atomic mass is 16.6. The zero-order valence-corrected chi connectivity index (χ0v) is 9.40. The Balaban J connectivity index is 1.94. The van der Waals surface area contributed by atoms with Gasteiger partial charge >= 0.3 is 6.09 Å². The molecule has 0 aromatic rings. The van der Waals surface area contributed by atoms with Crippen molar-refractivity contribution in [3.05, 3.63) is 0 Å². The van der Waals surface area contributed by atoms with Gasteiger partial charge in [0.1, 0.15) is 6.10 Å². The van der Waals surface area contributed by atoms with E-state index in [0.29, 0.717) is 0 Å². The van der Waals surface area contributed by atoms with Crippen LogP contribution in [0.4, 0.5) is 4.79 Å². The second kappa shape index (κ2) is 4.37. The van der Waals surface area contributed by atoms with E-state index in [2.05, 4.69) is 10.2 Å². The van der Waals surface area contributed by atoms with E-state index in [1.165, 1.54) is 0 Å². The topological polar surface area (TPSA) is 44.8 Å². The van der Waals surface area contributed by atoms with E-state index in [1.54, 1.807) is 0 Å². The highest BCUT2D eigenvalue weighted by Gasteiger charge is 2.42. The molecule has 0 bridgehead atoms. The van der Waals surface area contributed by atoms with Gasteiger partial charge < -0.3 is 15.0 Å². The molecule has 0 aliphatic carbocycles. The number of amides is 1. The van der Waals surface area contributed by atoms with E-state index >= 15 is 0 Å². The van der Waals surface area contributed by atoms with Crippen LogP contribution in [-0.2, 0) is 4.74 Å². The van der Waals surface area contributed by atoms with Crippen molar-refractivity contribution in [1.82, 2.24) is 15.1 Å². The van der Waals surface area contributed by atoms with Crippen molar-refractivity contribution in [1.29, 1.82) is 0 Å². The van der Waals surface area contributed by atoms with Crippen LogP contribution in [-0.4, -0.2) is 68.3 Å². The molecule has 0 saturated carbocycles. The molecule has 0 radical (unpaired) electrons. The lowest BCUT2D eigenvalue weighted by molar-refractivity contribution is 0.117. The number of carbonyl (C=O) groups is 1. The minimum absolute atomic E-state index is 0.112.